The van der Waals surface area contributed by atoms with E-state index in [9.17, 15) is 13.7 Å². The Morgan fingerprint density at radius 2 is 2.26 bits per heavy atom. The van der Waals surface area contributed by atoms with Crippen LogP contribution in [0.4, 0.5) is 5.69 Å². The van der Waals surface area contributed by atoms with Crippen LogP contribution in [0, 0.1) is 11.3 Å². The molecule has 102 valence electrons. The van der Waals surface area contributed by atoms with Gasteiger partial charge in [0.25, 0.3) is 0 Å². The van der Waals surface area contributed by atoms with Crippen LogP contribution >= 0.6 is 15.9 Å². The van der Waals surface area contributed by atoms with E-state index < -0.39 is 9.84 Å². The fraction of sp³-hybridized carbons (Fsp3) is 0.462. The van der Waals surface area contributed by atoms with Gasteiger partial charge in [0.05, 0.1) is 22.8 Å². The Morgan fingerprint density at radius 3 is 2.79 bits per heavy atom. The maximum absolute atomic E-state index is 11.5. The van der Waals surface area contributed by atoms with Crippen molar-refractivity contribution >= 4 is 31.5 Å². The lowest BCUT2D eigenvalue weighted by atomic mass is 10.1. The Morgan fingerprint density at radius 1 is 1.53 bits per heavy atom. The minimum Gasteiger partial charge on any atom is -0.369 e. The third kappa shape index (κ3) is 3.10. The van der Waals surface area contributed by atoms with E-state index in [1.165, 1.54) is 0 Å². The SMILES string of the molecule is CN(c1ccc(CBr)cc1C#N)C1CCS(=O)(=O)C1. The number of hydrogen-bond donors (Lipinski definition) is 0. The van der Waals surface area contributed by atoms with Gasteiger partial charge >= 0.3 is 0 Å². The average Bonchev–Trinajstić information content (AvgIpc) is 2.77. The molecule has 0 radical (unpaired) electrons. The molecule has 1 aromatic carbocycles. The van der Waals surface area contributed by atoms with Crippen molar-refractivity contribution in [3.05, 3.63) is 29.3 Å². The molecule has 0 saturated carbocycles. The van der Waals surface area contributed by atoms with Gasteiger partial charge in [0, 0.05) is 18.4 Å². The molecule has 0 spiro atoms. The second kappa shape index (κ2) is 5.51. The van der Waals surface area contributed by atoms with Crippen LogP contribution in [-0.2, 0) is 15.2 Å². The van der Waals surface area contributed by atoms with Crippen LogP contribution in [0.15, 0.2) is 18.2 Å². The van der Waals surface area contributed by atoms with E-state index in [4.69, 9.17) is 0 Å². The first-order chi connectivity index (χ1) is 8.96. The summed E-state index contributed by atoms with van der Waals surface area (Å²) in [7, 11) is -1.06. The van der Waals surface area contributed by atoms with Gasteiger partial charge in [-0.3, -0.25) is 0 Å². The normalized spacial score (nSPS) is 21.0. The molecule has 1 saturated heterocycles. The van der Waals surface area contributed by atoms with Crippen molar-refractivity contribution in [3.8, 4) is 6.07 Å². The molecule has 19 heavy (non-hydrogen) atoms. The smallest absolute Gasteiger partial charge is 0.152 e. The fourth-order valence-corrected chi connectivity index (χ4v) is 4.46. The molecule has 6 heteroatoms. The van der Waals surface area contributed by atoms with Crippen molar-refractivity contribution in [2.45, 2.75) is 17.8 Å². The van der Waals surface area contributed by atoms with E-state index in [-0.39, 0.29) is 17.5 Å². The summed E-state index contributed by atoms with van der Waals surface area (Å²) in [6, 6.07) is 7.82. The van der Waals surface area contributed by atoms with Gasteiger partial charge in [-0.05, 0) is 24.1 Å². The predicted octanol–water partition coefficient (Wildman–Crippen LogP) is 2.08. The molecule has 0 bridgehead atoms. The Hall–Kier alpha value is -1.06. The summed E-state index contributed by atoms with van der Waals surface area (Å²) in [5.41, 5.74) is 2.42. The highest BCUT2D eigenvalue weighted by Crippen LogP contribution is 2.27. The zero-order valence-electron chi connectivity index (χ0n) is 10.6. The Labute approximate surface area is 122 Å². The average molecular weight is 343 g/mol. The van der Waals surface area contributed by atoms with Gasteiger partial charge in [-0.15, -0.1) is 0 Å². The summed E-state index contributed by atoms with van der Waals surface area (Å²) in [5.74, 6) is 0.415. The minimum atomic E-state index is -2.91. The number of sulfone groups is 1. The number of nitriles is 1. The molecule has 0 aliphatic carbocycles. The Bertz CT molecular complexity index is 622. The van der Waals surface area contributed by atoms with Crippen LogP contribution in [0.3, 0.4) is 0 Å². The quantitative estimate of drug-likeness (QED) is 0.789. The van der Waals surface area contributed by atoms with Gasteiger partial charge in [-0.1, -0.05) is 22.0 Å². The van der Waals surface area contributed by atoms with E-state index in [1.807, 2.05) is 30.1 Å². The van der Waals surface area contributed by atoms with Crippen molar-refractivity contribution in [2.24, 2.45) is 0 Å². The lowest BCUT2D eigenvalue weighted by molar-refractivity contribution is 0.601. The number of benzene rings is 1. The highest BCUT2D eigenvalue weighted by atomic mass is 79.9. The predicted molar refractivity (Wildman–Crippen MR) is 79.2 cm³/mol. The molecule has 2 rings (SSSR count). The van der Waals surface area contributed by atoms with Crippen molar-refractivity contribution in [1.82, 2.24) is 0 Å². The van der Waals surface area contributed by atoms with Crippen LogP contribution in [-0.4, -0.2) is 33.0 Å². The van der Waals surface area contributed by atoms with Crippen LogP contribution < -0.4 is 4.90 Å². The standard InChI is InChI=1S/C13H15BrN2O2S/c1-16(12-4-5-19(17,18)9-12)13-3-2-10(7-14)6-11(13)8-15/h2-3,6,12H,4-5,7,9H2,1H3. The van der Waals surface area contributed by atoms with Crippen LogP contribution in [0.1, 0.15) is 17.5 Å². The molecule has 4 nitrogen and oxygen atoms in total. The summed E-state index contributed by atoms with van der Waals surface area (Å²) in [6.07, 6.45) is 0.629. The first kappa shape index (κ1) is 14.4. The zero-order chi connectivity index (χ0) is 14.0. The highest BCUT2D eigenvalue weighted by Gasteiger charge is 2.31. The van der Waals surface area contributed by atoms with Crippen LogP contribution in [0.25, 0.3) is 0 Å². The van der Waals surface area contributed by atoms with Crippen LogP contribution in [0.5, 0.6) is 0 Å². The zero-order valence-corrected chi connectivity index (χ0v) is 13.0. The molecule has 1 atom stereocenters. The Kier molecular flexibility index (Phi) is 4.16. The van der Waals surface area contributed by atoms with Gasteiger partial charge < -0.3 is 4.90 Å². The third-order valence-electron chi connectivity index (χ3n) is 3.47. The molecule has 1 aliphatic rings. The molecule has 1 fully saturated rings. The number of halogens is 1. The van der Waals surface area contributed by atoms with Gasteiger partial charge in [-0.25, -0.2) is 8.42 Å². The second-order valence-electron chi connectivity index (χ2n) is 4.76. The van der Waals surface area contributed by atoms with E-state index in [2.05, 4.69) is 22.0 Å². The lowest BCUT2D eigenvalue weighted by Crippen LogP contribution is -2.33. The molecular weight excluding hydrogens is 328 g/mol. The van der Waals surface area contributed by atoms with Gasteiger partial charge in [0.15, 0.2) is 9.84 Å². The largest absolute Gasteiger partial charge is 0.369 e. The molecule has 0 N–H and O–H groups in total. The van der Waals surface area contributed by atoms with Crippen molar-refractivity contribution in [2.75, 3.05) is 23.5 Å². The van der Waals surface area contributed by atoms with Crippen molar-refractivity contribution in [3.63, 3.8) is 0 Å². The maximum atomic E-state index is 11.5. The van der Waals surface area contributed by atoms with Crippen molar-refractivity contribution in [1.29, 1.82) is 5.26 Å². The van der Waals surface area contributed by atoms with E-state index in [0.29, 0.717) is 17.3 Å². The number of nitrogens with zero attached hydrogens (tertiary/aromatic N) is 2. The summed E-state index contributed by atoms with van der Waals surface area (Å²) in [5, 5.41) is 9.92. The maximum Gasteiger partial charge on any atom is 0.152 e. The van der Waals surface area contributed by atoms with E-state index >= 15 is 0 Å². The molecule has 1 aromatic rings. The lowest BCUT2D eigenvalue weighted by Gasteiger charge is -2.26. The second-order valence-corrected chi connectivity index (χ2v) is 7.55. The van der Waals surface area contributed by atoms with Crippen LogP contribution in [0.2, 0.25) is 0 Å². The first-order valence-corrected chi connectivity index (χ1v) is 8.93. The number of hydrogen-bond acceptors (Lipinski definition) is 4. The summed E-state index contributed by atoms with van der Waals surface area (Å²) in [4.78, 5) is 1.92. The molecule has 1 heterocycles. The molecule has 0 amide bonds. The Balaban J connectivity index is 2.29. The summed E-state index contributed by atoms with van der Waals surface area (Å²) >= 11 is 3.36. The minimum absolute atomic E-state index is 0.0353. The first-order valence-electron chi connectivity index (χ1n) is 5.99. The summed E-state index contributed by atoms with van der Waals surface area (Å²) in [6.45, 7) is 0. The molecule has 1 unspecified atom stereocenters. The molecule has 1 aliphatic heterocycles. The van der Waals surface area contributed by atoms with Gasteiger partial charge in [0.2, 0.25) is 0 Å². The topological polar surface area (TPSA) is 61.2 Å². The monoisotopic (exact) mass is 342 g/mol. The number of alkyl halides is 1. The fourth-order valence-electron chi connectivity index (χ4n) is 2.34. The van der Waals surface area contributed by atoms with E-state index in [1.54, 1.807) is 0 Å². The number of rotatable bonds is 3. The van der Waals surface area contributed by atoms with Gasteiger partial charge in [0.1, 0.15) is 6.07 Å². The van der Waals surface area contributed by atoms with Crippen molar-refractivity contribution < 1.29 is 8.42 Å². The molecular formula is C13H15BrN2O2S. The van der Waals surface area contributed by atoms with Gasteiger partial charge in [-0.2, -0.15) is 5.26 Å². The third-order valence-corrected chi connectivity index (χ3v) is 5.87. The number of anilines is 1. The highest BCUT2D eigenvalue weighted by molar-refractivity contribution is 9.08. The van der Waals surface area contributed by atoms with E-state index in [0.717, 1.165) is 11.3 Å². The molecule has 0 aromatic heterocycles. The summed E-state index contributed by atoms with van der Waals surface area (Å²) < 4.78 is 23.1.